The van der Waals surface area contributed by atoms with Crippen molar-refractivity contribution >= 4 is 5.69 Å². The van der Waals surface area contributed by atoms with Crippen LogP contribution in [0.3, 0.4) is 0 Å². The van der Waals surface area contributed by atoms with Crippen molar-refractivity contribution in [1.29, 1.82) is 0 Å². The van der Waals surface area contributed by atoms with Crippen molar-refractivity contribution in [3.05, 3.63) is 23.8 Å². The summed E-state index contributed by atoms with van der Waals surface area (Å²) in [4.78, 5) is 2.49. The number of benzene rings is 1. The molecule has 1 atom stereocenters. The molecule has 1 unspecified atom stereocenters. The molecule has 1 fully saturated rings. The Morgan fingerprint density at radius 1 is 1.41 bits per heavy atom. The number of nitrogens with one attached hydrogen (secondary N) is 1. The van der Waals surface area contributed by atoms with Gasteiger partial charge in [0.1, 0.15) is 5.75 Å². The molecule has 0 aliphatic carbocycles. The number of nitrogens with zero attached hydrogens (tertiary/aromatic N) is 1. The van der Waals surface area contributed by atoms with E-state index >= 15 is 0 Å². The Labute approximate surface area is 103 Å². The minimum absolute atomic E-state index is 0.336. The predicted molar refractivity (Wildman–Crippen MR) is 71.6 cm³/mol. The number of likely N-dealkylation sites (tertiary alicyclic amines) is 1. The number of phenolic OH excluding ortho intramolecular Hbond substituents is 1. The Hall–Kier alpha value is -1.22. The SMILES string of the molecule is Cc1cc(O)ccc1NC1CCN(C(C)C)C1. The quantitative estimate of drug-likeness (QED) is 0.789. The highest BCUT2D eigenvalue weighted by Crippen LogP contribution is 2.23. The molecule has 3 nitrogen and oxygen atoms in total. The topological polar surface area (TPSA) is 35.5 Å². The van der Waals surface area contributed by atoms with Gasteiger partial charge in [-0.3, -0.25) is 4.90 Å². The third kappa shape index (κ3) is 2.91. The molecular weight excluding hydrogens is 212 g/mol. The molecule has 1 heterocycles. The first-order valence-corrected chi connectivity index (χ1v) is 6.36. The van der Waals surface area contributed by atoms with Crippen molar-refractivity contribution in [1.82, 2.24) is 4.90 Å². The molecule has 2 N–H and O–H groups in total. The zero-order valence-corrected chi connectivity index (χ0v) is 10.9. The first kappa shape index (κ1) is 12.2. The van der Waals surface area contributed by atoms with Gasteiger partial charge in [0.25, 0.3) is 0 Å². The highest BCUT2D eigenvalue weighted by atomic mass is 16.3. The molecule has 0 amide bonds. The van der Waals surface area contributed by atoms with Crippen LogP contribution in [0.4, 0.5) is 5.69 Å². The Bertz CT molecular complexity index is 390. The zero-order chi connectivity index (χ0) is 12.4. The van der Waals surface area contributed by atoms with Crippen molar-refractivity contribution in [3.8, 4) is 5.75 Å². The molecule has 1 aromatic rings. The minimum Gasteiger partial charge on any atom is -0.508 e. The van der Waals surface area contributed by atoms with E-state index in [4.69, 9.17) is 0 Å². The molecule has 0 spiro atoms. The van der Waals surface area contributed by atoms with E-state index in [0.717, 1.165) is 17.8 Å². The van der Waals surface area contributed by atoms with Gasteiger partial charge < -0.3 is 10.4 Å². The van der Waals surface area contributed by atoms with Crippen LogP contribution in [0.15, 0.2) is 18.2 Å². The average Bonchev–Trinajstić information content (AvgIpc) is 2.71. The summed E-state index contributed by atoms with van der Waals surface area (Å²) >= 11 is 0. The van der Waals surface area contributed by atoms with E-state index in [-0.39, 0.29) is 0 Å². The van der Waals surface area contributed by atoms with Gasteiger partial charge in [0, 0.05) is 30.9 Å². The molecule has 1 aromatic carbocycles. The van der Waals surface area contributed by atoms with Crippen LogP contribution in [0, 0.1) is 6.92 Å². The molecular formula is C14H22N2O. The molecule has 1 saturated heterocycles. The van der Waals surface area contributed by atoms with E-state index in [2.05, 4.69) is 24.1 Å². The van der Waals surface area contributed by atoms with Gasteiger partial charge in [-0.15, -0.1) is 0 Å². The molecule has 0 radical (unpaired) electrons. The second-order valence-corrected chi connectivity index (χ2v) is 5.22. The van der Waals surface area contributed by atoms with Crippen molar-refractivity contribution < 1.29 is 5.11 Å². The standard InChI is InChI=1S/C14H22N2O/c1-10(2)16-7-6-12(9-16)15-14-5-4-13(17)8-11(14)3/h4-5,8,10,12,15,17H,6-7,9H2,1-3H3. The third-order valence-electron chi connectivity index (χ3n) is 3.52. The first-order valence-electron chi connectivity index (χ1n) is 6.36. The Kier molecular flexibility index (Phi) is 3.57. The predicted octanol–water partition coefficient (Wildman–Crippen LogP) is 2.60. The lowest BCUT2D eigenvalue weighted by atomic mass is 10.1. The molecule has 0 bridgehead atoms. The number of hydrogen-bond acceptors (Lipinski definition) is 3. The van der Waals surface area contributed by atoms with Gasteiger partial charge in [-0.25, -0.2) is 0 Å². The molecule has 0 aromatic heterocycles. The number of phenols is 1. The van der Waals surface area contributed by atoms with Crippen LogP contribution in [0.5, 0.6) is 5.75 Å². The summed E-state index contributed by atoms with van der Waals surface area (Å²) in [5.41, 5.74) is 2.24. The van der Waals surface area contributed by atoms with Gasteiger partial charge in [0.2, 0.25) is 0 Å². The third-order valence-corrected chi connectivity index (χ3v) is 3.52. The maximum atomic E-state index is 9.38. The zero-order valence-electron chi connectivity index (χ0n) is 10.9. The molecule has 3 heteroatoms. The summed E-state index contributed by atoms with van der Waals surface area (Å²) in [5, 5.41) is 12.9. The van der Waals surface area contributed by atoms with Crippen LogP contribution in [0.25, 0.3) is 0 Å². The van der Waals surface area contributed by atoms with Crippen LogP contribution < -0.4 is 5.32 Å². The number of aryl methyl sites for hydroxylation is 1. The fourth-order valence-corrected chi connectivity index (χ4v) is 2.40. The number of anilines is 1. The minimum atomic E-state index is 0.336. The van der Waals surface area contributed by atoms with Crippen LogP contribution in [-0.2, 0) is 0 Å². The van der Waals surface area contributed by atoms with Gasteiger partial charge in [0.15, 0.2) is 0 Å². The van der Waals surface area contributed by atoms with E-state index in [1.54, 1.807) is 12.1 Å². The van der Waals surface area contributed by atoms with Crippen molar-refractivity contribution in [3.63, 3.8) is 0 Å². The highest BCUT2D eigenvalue weighted by molar-refractivity contribution is 5.54. The molecule has 0 saturated carbocycles. The maximum absolute atomic E-state index is 9.38. The fourth-order valence-electron chi connectivity index (χ4n) is 2.40. The van der Waals surface area contributed by atoms with E-state index < -0.39 is 0 Å². The molecule has 17 heavy (non-hydrogen) atoms. The van der Waals surface area contributed by atoms with Crippen molar-refractivity contribution in [2.24, 2.45) is 0 Å². The van der Waals surface area contributed by atoms with E-state index in [0.29, 0.717) is 17.8 Å². The van der Waals surface area contributed by atoms with E-state index in [9.17, 15) is 5.11 Å². The summed E-state index contributed by atoms with van der Waals surface area (Å²) in [7, 11) is 0. The highest BCUT2D eigenvalue weighted by Gasteiger charge is 2.24. The normalized spacial score (nSPS) is 21.1. The first-order chi connectivity index (χ1) is 8.06. The monoisotopic (exact) mass is 234 g/mol. The molecule has 2 rings (SSSR count). The lowest BCUT2D eigenvalue weighted by molar-refractivity contribution is 0.274. The second kappa shape index (κ2) is 4.96. The summed E-state index contributed by atoms with van der Waals surface area (Å²) < 4.78 is 0. The van der Waals surface area contributed by atoms with Crippen LogP contribution in [-0.4, -0.2) is 35.2 Å². The number of rotatable bonds is 3. The summed E-state index contributed by atoms with van der Waals surface area (Å²) in [6.07, 6.45) is 1.19. The Morgan fingerprint density at radius 3 is 2.76 bits per heavy atom. The van der Waals surface area contributed by atoms with E-state index in [1.165, 1.54) is 13.0 Å². The molecule has 1 aliphatic rings. The summed E-state index contributed by atoms with van der Waals surface area (Å²) in [6, 6.07) is 6.66. The van der Waals surface area contributed by atoms with Gasteiger partial charge in [-0.2, -0.15) is 0 Å². The van der Waals surface area contributed by atoms with Crippen LogP contribution in [0.1, 0.15) is 25.8 Å². The molecule has 94 valence electrons. The van der Waals surface area contributed by atoms with Crippen LogP contribution >= 0.6 is 0 Å². The Morgan fingerprint density at radius 2 is 2.18 bits per heavy atom. The van der Waals surface area contributed by atoms with Gasteiger partial charge in [-0.05, 0) is 51.0 Å². The fraction of sp³-hybridized carbons (Fsp3) is 0.571. The maximum Gasteiger partial charge on any atom is 0.115 e. The number of hydrogen-bond donors (Lipinski definition) is 2. The summed E-state index contributed by atoms with van der Waals surface area (Å²) in [5.74, 6) is 0.336. The van der Waals surface area contributed by atoms with Gasteiger partial charge in [-0.1, -0.05) is 0 Å². The van der Waals surface area contributed by atoms with Crippen molar-refractivity contribution in [2.75, 3.05) is 18.4 Å². The van der Waals surface area contributed by atoms with Gasteiger partial charge >= 0.3 is 0 Å². The van der Waals surface area contributed by atoms with Crippen molar-refractivity contribution in [2.45, 2.75) is 39.3 Å². The summed E-state index contributed by atoms with van der Waals surface area (Å²) in [6.45, 7) is 8.80. The molecule has 1 aliphatic heterocycles. The number of aromatic hydroxyl groups is 1. The Balaban J connectivity index is 1.98. The lowest BCUT2D eigenvalue weighted by Gasteiger charge is -2.21. The average molecular weight is 234 g/mol. The van der Waals surface area contributed by atoms with E-state index in [1.807, 2.05) is 13.0 Å². The second-order valence-electron chi connectivity index (χ2n) is 5.22. The smallest absolute Gasteiger partial charge is 0.115 e. The van der Waals surface area contributed by atoms with Crippen LogP contribution in [0.2, 0.25) is 0 Å². The van der Waals surface area contributed by atoms with Gasteiger partial charge in [0.05, 0.1) is 0 Å². The largest absolute Gasteiger partial charge is 0.508 e. The lowest BCUT2D eigenvalue weighted by Crippen LogP contribution is -2.31.